The first-order chi connectivity index (χ1) is 6.09. The van der Waals surface area contributed by atoms with Gasteiger partial charge in [0.2, 0.25) is 0 Å². The summed E-state index contributed by atoms with van der Waals surface area (Å²) in [6, 6.07) is 5.72. The van der Waals surface area contributed by atoms with Crippen LogP contribution >= 0.6 is 34.2 Å². The van der Waals surface area contributed by atoms with Gasteiger partial charge in [-0.15, -0.1) is 0 Å². The van der Waals surface area contributed by atoms with Gasteiger partial charge < -0.3 is 4.74 Å². The van der Waals surface area contributed by atoms with E-state index < -0.39 is 0 Å². The topological polar surface area (TPSA) is 9.23 Å². The molecule has 0 aliphatic heterocycles. The van der Waals surface area contributed by atoms with Crippen LogP contribution in [0.5, 0.6) is 5.75 Å². The van der Waals surface area contributed by atoms with Gasteiger partial charge in [0.25, 0.3) is 0 Å². The van der Waals surface area contributed by atoms with Crippen LogP contribution in [0.25, 0.3) is 0 Å². The molecule has 1 nitrogen and oxygen atoms in total. The number of benzene rings is 1. The van der Waals surface area contributed by atoms with Gasteiger partial charge in [-0.25, -0.2) is 0 Å². The van der Waals surface area contributed by atoms with Gasteiger partial charge in [-0.3, -0.25) is 0 Å². The Hall–Kier alpha value is 0.0400. The van der Waals surface area contributed by atoms with Crippen molar-refractivity contribution in [2.45, 2.75) is 25.4 Å². The fourth-order valence-electron chi connectivity index (χ4n) is 1.10. The van der Waals surface area contributed by atoms with Crippen LogP contribution in [-0.4, -0.2) is 5.60 Å². The lowest BCUT2D eigenvalue weighted by Crippen LogP contribution is -2.12. The summed E-state index contributed by atoms with van der Waals surface area (Å²) in [6.07, 6.45) is 2.32. The molecule has 0 radical (unpaired) electrons. The maximum absolute atomic E-state index is 5.84. The Kier molecular flexibility index (Phi) is 2.45. The van der Waals surface area contributed by atoms with E-state index in [9.17, 15) is 0 Å². The largest absolute Gasteiger partial charge is 0.486 e. The lowest BCUT2D eigenvalue weighted by atomic mass is 10.3. The molecule has 70 valence electrons. The highest BCUT2D eigenvalue weighted by Gasteiger charge is 2.40. The van der Waals surface area contributed by atoms with Crippen molar-refractivity contribution in [3.63, 3.8) is 0 Å². The van der Waals surface area contributed by atoms with Crippen molar-refractivity contribution in [2.24, 2.45) is 0 Å². The van der Waals surface area contributed by atoms with Crippen molar-refractivity contribution >= 4 is 34.2 Å². The van der Waals surface area contributed by atoms with Gasteiger partial charge in [0.15, 0.2) is 0 Å². The Morgan fingerprint density at radius 3 is 2.69 bits per heavy atom. The second kappa shape index (κ2) is 3.31. The number of halogens is 2. The van der Waals surface area contributed by atoms with Crippen molar-refractivity contribution in [1.29, 1.82) is 0 Å². The van der Waals surface area contributed by atoms with Crippen LogP contribution < -0.4 is 4.74 Å². The quantitative estimate of drug-likeness (QED) is 0.754. The average molecular weight is 309 g/mol. The molecule has 0 saturated heterocycles. The molecule has 1 fully saturated rings. The molecule has 0 bridgehead atoms. The van der Waals surface area contributed by atoms with Gasteiger partial charge in [-0.1, -0.05) is 11.6 Å². The summed E-state index contributed by atoms with van der Waals surface area (Å²) in [5.41, 5.74) is 0.0910. The number of rotatable bonds is 2. The van der Waals surface area contributed by atoms with Crippen LogP contribution in [0.4, 0.5) is 0 Å². The van der Waals surface area contributed by atoms with E-state index in [0.29, 0.717) is 0 Å². The minimum Gasteiger partial charge on any atom is -0.486 e. The second-order valence-electron chi connectivity index (χ2n) is 3.63. The average Bonchev–Trinajstić information content (AvgIpc) is 2.75. The van der Waals surface area contributed by atoms with E-state index >= 15 is 0 Å². The lowest BCUT2D eigenvalue weighted by Gasteiger charge is -2.14. The van der Waals surface area contributed by atoms with Crippen LogP contribution in [0.2, 0.25) is 5.02 Å². The van der Waals surface area contributed by atoms with E-state index in [-0.39, 0.29) is 5.60 Å². The SMILES string of the molecule is CC1(Oc2ccc(Cl)cc2I)CC1. The Balaban J connectivity index is 2.20. The third kappa shape index (κ3) is 2.29. The van der Waals surface area contributed by atoms with Crippen molar-refractivity contribution in [3.05, 3.63) is 26.8 Å². The predicted molar refractivity (Wildman–Crippen MR) is 62.4 cm³/mol. The predicted octanol–water partition coefficient (Wildman–Crippen LogP) is 3.88. The molecule has 1 saturated carbocycles. The standard InChI is InChI=1S/C10H10ClIO/c1-10(4-5-10)13-9-3-2-7(11)6-8(9)12/h2-3,6H,4-5H2,1H3. The minimum absolute atomic E-state index is 0.0910. The van der Waals surface area contributed by atoms with Gasteiger partial charge in [0, 0.05) is 5.02 Å². The van der Waals surface area contributed by atoms with E-state index in [1.54, 1.807) is 0 Å². The first kappa shape index (κ1) is 9.59. The summed E-state index contributed by atoms with van der Waals surface area (Å²) in [6.45, 7) is 2.14. The molecule has 1 aromatic rings. The summed E-state index contributed by atoms with van der Waals surface area (Å²) in [4.78, 5) is 0. The summed E-state index contributed by atoms with van der Waals surface area (Å²) in [7, 11) is 0. The third-order valence-corrected chi connectivity index (χ3v) is 3.28. The second-order valence-corrected chi connectivity index (χ2v) is 5.23. The first-order valence-corrected chi connectivity index (χ1v) is 5.69. The maximum atomic E-state index is 5.84. The highest BCUT2D eigenvalue weighted by molar-refractivity contribution is 14.1. The maximum Gasteiger partial charge on any atom is 0.133 e. The van der Waals surface area contributed by atoms with Crippen LogP contribution in [0.1, 0.15) is 19.8 Å². The molecule has 2 rings (SSSR count). The first-order valence-electron chi connectivity index (χ1n) is 4.23. The van der Waals surface area contributed by atoms with Crippen LogP contribution in [0.3, 0.4) is 0 Å². The van der Waals surface area contributed by atoms with Crippen LogP contribution in [0.15, 0.2) is 18.2 Å². The molecule has 0 aromatic heterocycles. The lowest BCUT2D eigenvalue weighted by molar-refractivity contribution is 0.199. The molecule has 0 unspecified atom stereocenters. The highest BCUT2D eigenvalue weighted by atomic mass is 127. The Morgan fingerprint density at radius 1 is 1.46 bits per heavy atom. The van der Waals surface area contributed by atoms with Gasteiger partial charge >= 0.3 is 0 Å². The van der Waals surface area contributed by atoms with Crippen LogP contribution in [-0.2, 0) is 0 Å². The van der Waals surface area contributed by atoms with Gasteiger partial charge in [0.1, 0.15) is 11.4 Å². The Bertz CT molecular complexity index is 334. The molecular formula is C10H10ClIO. The molecule has 0 atom stereocenters. The van der Waals surface area contributed by atoms with E-state index in [0.717, 1.165) is 27.2 Å². The monoisotopic (exact) mass is 308 g/mol. The molecule has 1 aliphatic rings. The Labute approximate surface area is 96.6 Å². The molecule has 0 heterocycles. The molecule has 0 amide bonds. The molecule has 13 heavy (non-hydrogen) atoms. The smallest absolute Gasteiger partial charge is 0.133 e. The van der Waals surface area contributed by atoms with Crippen molar-refractivity contribution < 1.29 is 4.74 Å². The van der Waals surface area contributed by atoms with E-state index in [1.165, 1.54) is 0 Å². The normalized spacial score (nSPS) is 18.4. The fourth-order valence-corrected chi connectivity index (χ4v) is 2.08. The van der Waals surface area contributed by atoms with Gasteiger partial charge in [-0.05, 0) is 60.6 Å². The minimum atomic E-state index is 0.0910. The molecule has 1 aliphatic carbocycles. The van der Waals surface area contributed by atoms with Crippen LogP contribution in [0, 0.1) is 3.57 Å². The summed E-state index contributed by atoms with van der Waals surface area (Å²) in [5.74, 6) is 0.949. The Morgan fingerprint density at radius 2 is 2.15 bits per heavy atom. The number of hydrogen-bond acceptors (Lipinski definition) is 1. The van der Waals surface area contributed by atoms with E-state index in [2.05, 4.69) is 29.5 Å². The zero-order chi connectivity index (χ0) is 9.47. The zero-order valence-corrected chi connectivity index (χ0v) is 10.2. The highest BCUT2D eigenvalue weighted by Crippen LogP contribution is 2.41. The third-order valence-electron chi connectivity index (χ3n) is 2.20. The van der Waals surface area contributed by atoms with Crippen molar-refractivity contribution in [3.8, 4) is 5.75 Å². The summed E-state index contributed by atoms with van der Waals surface area (Å²) < 4.78 is 6.91. The van der Waals surface area contributed by atoms with Gasteiger partial charge in [0.05, 0.1) is 3.57 Å². The molecule has 1 aromatic carbocycles. The summed E-state index contributed by atoms with van der Waals surface area (Å²) >= 11 is 8.09. The van der Waals surface area contributed by atoms with Crippen molar-refractivity contribution in [1.82, 2.24) is 0 Å². The van der Waals surface area contributed by atoms with E-state index in [4.69, 9.17) is 16.3 Å². The fraction of sp³-hybridized carbons (Fsp3) is 0.400. The number of hydrogen-bond donors (Lipinski definition) is 0. The molecule has 0 spiro atoms. The summed E-state index contributed by atoms with van der Waals surface area (Å²) in [5, 5.41) is 0.762. The molecular weight excluding hydrogens is 298 g/mol. The van der Waals surface area contributed by atoms with E-state index in [1.807, 2.05) is 18.2 Å². The van der Waals surface area contributed by atoms with Gasteiger partial charge in [-0.2, -0.15) is 0 Å². The molecule has 0 N–H and O–H groups in total. The van der Waals surface area contributed by atoms with Crippen molar-refractivity contribution in [2.75, 3.05) is 0 Å². The number of ether oxygens (including phenoxy) is 1. The zero-order valence-electron chi connectivity index (χ0n) is 7.31. The molecule has 3 heteroatoms.